The molecular weight excluding hydrogens is 617 g/mol. The number of allylic oxidation sites excluding steroid dienone is 1. The smallest absolute Gasteiger partial charge is 0.332 e. The summed E-state index contributed by atoms with van der Waals surface area (Å²) >= 11 is 0. The van der Waals surface area contributed by atoms with Crippen LogP contribution in [0, 0.1) is 0 Å². The van der Waals surface area contributed by atoms with Crippen molar-refractivity contribution in [2.45, 2.75) is 19.3 Å². The van der Waals surface area contributed by atoms with Gasteiger partial charge >= 0.3 is 6.85 Å². The highest BCUT2D eigenvalue weighted by atomic mass is 15.1. The van der Waals surface area contributed by atoms with E-state index in [1.54, 1.807) is 0 Å². The lowest BCUT2D eigenvalue weighted by Crippen LogP contribution is -2.63. The van der Waals surface area contributed by atoms with Crippen LogP contribution in [0.25, 0.3) is 60.6 Å². The number of aromatic nitrogens is 2. The number of rotatable bonds is 2. The Morgan fingerprint density at radius 2 is 1.18 bits per heavy atom. The van der Waals surface area contributed by atoms with Crippen LogP contribution >= 0.6 is 0 Å². The van der Waals surface area contributed by atoms with Crippen molar-refractivity contribution in [1.29, 1.82) is 0 Å². The summed E-state index contributed by atoms with van der Waals surface area (Å²) in [6.45, 7) is 4.85. The molecule has 4 heteroatoms. The molecule has 0 atom stereocenters. The van der Waals surface area contributed by atoms with Crippen LogP contribution in [0.3, 0.4) is 0 Å². The molecule has 2 aliphatic heterocycles. The average Bonchev–Trinajstić information content (AvgIpc) is 3.78. The summed E-state index contributed by atoms with van der Waals surface area (Å²) in [5.74, 6) is 0. The Balaban J connectivity index is 1.27. The van der Waals surface area contributed by atoms with Gasteiger partial charge in [-0.3, -0.25) is 0 Å². The molecule has 0 bridgehead atoms. The quantitative estimate of drug-likeness (QED) is 0.170. The molecule has 3 aliphatic rings. The summed E-state index contributed by atoms with van der Waals surface area (Å²) in [6.07, 6.45) is 0. The Bertz CT molecular complexity index is 3000. The molecule has 1 aliphatic carbocycles. The topological polar surface area (TPSA) is 13.1 Å². The first-order valence-corrected chi connectivity index (χ1v) is 18.0. The molecule has 0 amide bonds. The highest BCUT2D eigenvalue weighted by Crippen LogP contribution is 2.54. The van der Waals surface area contributed by atoms with Crippen molar-refractivity contribution in [1.82, 2.24) is 9.13 Å². The van der Waals surface area contributed by atoms with Crippen molar-refractivity contribution >= 4 is 72.6 Å². The predicted octanol–water partition coefficient (Wildman–Crippen LogP) is 9.87. The summed E-state index contributed by atoms with van der Waals surface area (Å²) in [5, 5.41) is 5.16. The van der Waals surface area contributed by atoms with Gasteiger partial charge in [-0.1, -0.05) is 129 Å². The van der Waals surface area contributed by atoms with E-state index < -0.39 is 0 Å². The molecule has 4 heterocycles. The van der Waals surface area contributed by atoms with Crippen LogP contribution in [0.4, 0.5) is 5.69 Å². The summed E-state index contributed by atoms with van der Waals surface area (Å²) in [4.78, 5) is 2.69. The predicted molar refractivity (Wildman–Crippen MR) is 215 cm³/mol. The van der Waals surface area contributed by atoms with Gasteiger partial charge in [-0.15, -0.1) is 0 Å². The van der Waals surface area contributed by atoms with E-state index >= 15 is 0 Å². The zero-order chi connectivity index (χ0) is 33.6. The number of hydrogen-bond donors (Lipinski definition) is 0. The van der Waals surface area contributed by atoms with Crippen molar-refractivity contribution in [3.05, 3.63) is 180 Å². The summed E-state index contributed by atoms with van der Waals surface area (Å²) < 4.78 is 5.07. The normalized spacial score (nSPS) is 15.3. The summed E-state index contributed by atoms with van der Waals surface area (Å²) in [6, 6.07) is 58.7. The van der Waals surface area contributed by atoms with Crippen molar-refractivity contribution in [2.24, 2.45) is 0 Å². The minimum Gasteiger partial charge on any atom is -0.379 e. The summed E-state index contributed by atoms with van der Waals surface area (Å²) in [7, 11) is 0. The Morgan fingerprint density at radius 3 is 2.02 bits per heavy atom. The van der Waals surface area contributed by atoms with Crippen molar-refractivity contribution in [2.75, 3.05) is 4.81 Å². The molecule has 2 aromatic heterocycles. The van der Waals surface area contributed by atoms with Crippen LogP contribution in [-0.4, -0.2) is 16.0 Å². The monoisotopic (exact) mass is 649 g/mol. The Hall–Kier alpha value is -6.26. The number of nitrogens with zero attached hydrogens (tertiary/aromatic N) is 3. The van der Waals surface area contributed by atoms with Gasteiger partial charge in [-0.05, 0) is 70.1 Å². The van der Waals surface area contributed by atoms with E-state index in [0.29, 0.717) is 0 Å². The first kappa shape index (κ1) is 27.6. The molecule has 12 rings (SSSR count). The fourth-order valence-corrected chi connectivity index (χ4v) is 10.1. The van der Waals surface area contributed by atoms with Crippen molar-refractivity contribution in [3.63, 3.8) is 0 Å². The maximum absolute atomic E-state index is 2.69. The van der Waals surface area contributed by atoms with Gasteiger partial charge in [0.05, 0.1) is 22.1 Å². The van der Waals surface area contributed by atoms with Crippen molar-refractivity contribution < 1.29 is 0 Å². The van der Waals surface area contributed by atoms with Gasteiger partial charge in [0.15, 0.2) is 0 Å². The van der Waals surface area contributed by atoms with E-state index in [2.05, 4.69) is 186 Å². The molecule has 0 spiro atoms. The van der Waals surface area contributed by atoms with Crippen LogP contribution in [0.15, 0.2) is 163 Å². The molecule has 0 unspecified atom stereocenters. The number of para-hydroxylation sites is 4. The minimum atomic E-state index is -0.184. The molecule has 0 saturated heterocycles. The van der Waals surface area contributed by atoms with E-state index in [9.17, 15) is 0 Å². The Labute approximate surface area is 296 Å². The number of fused-ring (bicyclic) bond motifs is 12. The molecule has 0 saturated carbocycles. The molecule has 238 valence electrons. The molecule has 9 aromatic rings. The largest absolute Gasteiger partial charge is 0.379 e. The molecular formula is C47H32BN3. The van der Waals surface area contributed by atoms with Gasteiger partial charge < -0.3 is 13.9 Å². The number of anilines is 1. The molecule has 7 aromatic carbocycles. The van der Waals surface area contributed by atoms with E-state index in [0.717, 1.165) is 0 Å². The highest BCUT2D eigenvalue weighted by molar-refractivity contribution is 6.92. The van der Waals surface area contributed by atoms with Gasteiger partial charge in [0.2, 0.25) is 0 Å². The van der Waals surface area contributed by atoms with Gasteiger partial charge in [-0.2, -0.15) is 0 Å². The van der Waals surface area contributed by atoms with E-state index in [1.807, 2.05) is 0 Å². The number of hydrogen-bond acceptors (Lipinski definition) is 1. The van der Waals surface area contributed by atoms with Crippen LogP contribution in [0.2, 0.25) is 0 Å². The lowest BCUT2D eigenvalue weighted by Gasteiger charge is -2.45. The molecule has 3 nitrogen and oxygen atoms in total. The SMILES string of the molecule is CC1(C)C2=C(c3ccccc31)c1cccc3c1B(c1cccc4c5c(ccc6c7ccccc7n(-c7ccccc7)c65)n-3c14)N2c1ccccc1. The lowest BCUT2D eigenvalue weighted by molar-refractivity contribution is 0.630. The fourth-order valence-electron chi connectivity index (χ4n) is 10.1. The third kappa shape index (κ3) is 3.27. The van der Waals surface area contributed by atoms with Crippen LogP contribution in [0.1, 0.15) is 30.5 Å². The van der Waals surface area contributed by atoms with Crippen LogP contribution in [-0.2, 0) is 5.41 Å². The molecule has 0 radical (unpaired) electrons. The second kappa shape index (κ2) is 9.50. The third-order valence-corrected chi connectivity index (χ3v) is 12.0. The zero-order valence-corrected chi connectivity index (χ0v) is 28.4. The van der Waals surface area contributed by atoms with Crippen LogP contribution in [0.5, 0.6) is 0 Å². The maximum Gasteiger partial charge on any atom is 0.332 e. The standard InChI is InChI=1S/C47H32BN3/c1-47(2)36-23-11-9-20-33(36)41-34-21-14-26-40-43(34)48(51(46(41)47)30-17-7-4-8-18-30)37-24-13-22-35-42-39(50(40)44(35)37)28-27-32-31-19-10-12-25-38(31)49(45(32)42)29-15-5-3-6-16-29/h3-28H,1-2H3. The molecule has 0 N–H and O–H groups in total. The lowest BCUT2D eigenvalue weighted by atomic mass is 9.43. The second-order valence-corrected chi connectivity index (χ2v) is 14.9. The second-order valence-electron chi connectivity index (χ2n) is 14.9. The number of benzene rings is 7. The fraction of sp³-hybridized carbons (Fsp3) is 0.0638. The van der Waals surface area contributed by atoms with Gasteiger partial charge in [0, 0.05) is 55.3 Å². The first-order chi connectivity index (χ1) is 25.1. The molecule has 0 fully saturated rings. The third-order valence-electron chi connectivity index (χ3n) is 12.0. The Morgan fingerprint density at radius 1 is 0.490 bits per heavy atom. The average molecular weight is 650 g/mol. The van der Waals surface area contributed by atoms with E-state index in [4.69, 9.17) is 0 Å². The van der Waals surface area contributed by atoms with Gasteiger partial charge in [0.1, 0.15) is 0 Å². The highest BCUT2D eigenvalue weighted by Gasteiger charge is 2.51. The van der Waals surface area contributed by atoms with E-state index in [1.165, 1.54) is 99.6 Å². The Kier molecular flexibility index (Phi) is 5.13. The first-order valence-electron chi connectivity index (χ1n) is 18.0. The minimum absolute atomic E-state index is 0.0157. The maximum atomic E-state index is 2.69. The van der Waals surface area contributed by atoms with Gasteiger partial charge in [0.25, 0.3) is 0 Å². The van der Waals surface area contributed by atoms with Crippen molar-refractivity contribution in [3.8, 4) is 11.4 Å². The van der Waals surface area contributed by atoms with Crippen LogP contribution < -0.4 is 15.7 Å². The zero-order valence-electron chi connectivity index (χ0n) is 28.4. The summed E-state index contributed by atoms with van der Waals surface area (Å²) in [5.41, 5.74) is 18.1. The molecule has 51 heavy (non-hydrogen) atoms. The van der Waals surface area contributed by atoms with E-state index in [-0.39, 0.29) is 12.3 Å². The van der Waals surface area contributed by atoms with Gasteiger partial charge in [-0.25, -0.2) is 0 Å².